The molecule has 1 N–H and O–H groups in total. The van der Waals surface area contributed by atoms with Crippen molar-refractivity contribution in [2.75, 3.05) is 18.8 Å². The van der Waals surface area contributed by atoms with E-state index in [1.807, 2.05) is 0 Å². The lowest BCUT2D eigenvalue weighted by atomic mass is 10.2. The van der Waals surface area contributed by atoms with Gasteiger partial charge in [-0.2, -0.15) is 0 Å². The van der Waals surface area contributed by atoms with Crippen LogP contribution in [0.4, 0.5) is 4.79 Å². The van der Waals surface area contributed by atoms with Crippen LogP contribution in [0.15, 0.2) is 12.1 Å². The van der Waals surface area contributed by atoms with Gasteiger partial charge in [0, 0.05) is 18.7 Å². The number of pyridine rings is 1. The molecule has 20 heavy (non-hydrogen) atoms. The van der Waals surface area contributed by atoms with Crippen molar-refractivity contribution in [3.8, 4) is 0 Å². The lowest BCUT2D eigenvalue weighted by molar-refractivity contribution is -0.124. The molecular weight excluding hydrogens is 325 g/mol. The van der Waals surface area contributed by atoms with E-state index < -0.39 is 5.91 Å². The van der Waals surface area contributed by atoms with Gasteiger partial charge in [-0.05, 0) is 12.1 Å². The van der Waals surface area contributed by atoms with Crippen molar-refractivity contribution < 1.29 is 14.4 Å². The number of hydrogen-bond acceptors (Lipinski definition) is 5. The van der Waals surface area contributed by atoms with E-state index in [1.54, 1.807) is 0 Å². The van der Waals surface area contributed by atoms with Crippen molar-refractivity contribution in [3.63, 3.8) is 0 Å². The molecule has 1 aliphatic heterocycles. The Balaban J connectivity index is 1.89. The lowest BCUT2D eigenvalue weighted by Crippen LogP contribution is -2.37. The van der Waals surface area contributed by atoms with Crippen molar-refractivity contribution >= 4 is 52.0 Å². The lowest BCUT2D eigenvalue weighted by Gasteiger charge is -2.13. The minimum atomic E-state index is -0.400. The molecule has 0 aliphatic carbocycles. The Morgan fingerprint density at radius 2 is 2.00 bits per heavy atom. The van der Waals surface area contributed by atoms with E-state index in [0.717, 1.165) is 16.7 Å². The quantitative estimate of drug-likeness (QED) is 0.850. The minimum Gasteiger partial charge on any atom is -0.350 e. The average molecular weight is 334 g/mol. The largest absolute Gasteiger partial charge is 0.350 e. The fraction of sp³-hybridized carbons (Fsp3) is 0.273. The van der Waals surface area contributed by atoms with Gasteiger partial charge in [-0.3, -0.25) is 19.3 Å². The molecule has 9 heteroatoms. The zero-order valence-corrected chi connectivity index (χ0v) is 12.4. The number of rotatable bonds is 4. The molecule has 3 amide bonds. The second-order valence-electron chi connectivity index (χ2n) is 3.86. The van der Waals surface area contributed by atoms with Crippen molar-refractivity contribution in [1.29, 1.82) is 0 Å². The summed E-state index contributed by atoms with van der Waals surface area (Å²) in [6, 6.07) is 2.76. The molecule has 0 radical (unpaired) electrons. The third kappa shape index (κ3) is 3.62. The molecule has 1 saturated heterocycles. The van der Waals surface area contributed by atoms with Crippen LogP contribution in [0.3, 0.4) is 0 Å². The van der Waals surface area contributed by atoms with Crippen LogP contribution in [-0.2, 0) is 4.79 Å². The van der Waals surface area contributed by atoms with Crippen LogP contribution in [0.1, 0.15) is 10.4 Å². The first kappa shape index (κ1) is 15.1. The van der Waals surface area contributed by atoms with Gasteiger partial charge in [0.05, 0.1) is 5.75 Å². The van der Waals surface area contributed by atoms with Gasteiger partial charge in [0.15, 0.2) is 0 Å². The molecule has 0 spiro atoms. The Morgan fingerprint density at radius 3 is 2.55 bits per heavy atom. The van der Waals surface area contributed by atoms with Gasteiger partial charge < -0.3 is 5.32 Å². The standard InChI is InChI=1S/C11H9Cl2N3O3S/c12-7-3-6(4-8(13)15-7)10(18)14-1-2-16-9(17)5-20-11(16)19/h3-4H,1-2,5H2,(H,14,18). The Morgan fingerprint density at radius 1 is 1.35 bits per heavy atom. The van der Waals surface area contributed by atoms with Crippen LogP contribution in [-0.4, -0.2) is 45.8 Å². The summed E-state index contributed by atoms with van der Waals surface area (Å²) in [4.78, 5) is 39.4. The highest BCUT2D eigenvalue weighted by atomic mass is 35.5. The van der Waals surface area contributed by atoms with Gasteiger partial charge in [0.25, 0.3) is 11.1 Å². The summed E-state index contributed by atoms with van der Waals surface area (Å²) in [7, 11) is 0. The van der Waals surface area contributed by atoms with E-state index in [-0.39, 0.29) is 45.9 Å². The zero-order chi connectivity index (χ0) is 14.7. The summed E-state index contributed by atoms with van der Waals surface area (Å²) in [6.45, 7) is 0.303. The molecule has 1 aromatic heterocycles. The Bertz CT molecular complexity index is 546. The highest BCUT2D eigenvalue weighted by Crippen LogP contribution is 2.18. The number of nitrogens with zero attached hydrogens (tertiary/aromatic N) is 2. The first-order chi connectivity index (χ1) is 9.47. The molecule has 2 rings (SSSR count). The number of aromatic nitrogens is 1. The van der Waals surface area contributed by atoms with Crippen molar-refractivity contribution in [2.24, 2.45) is 0 Å². The Kier molecular flexibility index (Phi) is 4.85. The number of carbonyl (C=O) groups is 3. The van der Waals surface area contributed by atoms with E-state index in [0.29, 0.717) is 0 Å². The molecule has 2 heterocycles. The average Bonchev–Trinajstić information content (AvgIpc) is 2.69. The number of thioether (sulfide) groups is 1. The number of nitrogens with one attached hydrogen (secondary N) is 1. The topological polar surface area (TPSA) is 79.4 Å². The van der Waals surface area contributed by atoms with E-state index in [9.17, 15) is 14.4 Å². The molecule has 0 unspecified atom stereocenters. The predicted molar refractivity (Wildman–Crippen MR) is 76.2 cm³/mol. The second-order valence-corrected chi connectivity index (χ2v) is 5.56. The number of halogens is 2. The van der Waals surface area contributed by atoms with E-state index >= 15 is 0 Å². The Labute approximate surface area is 128 Å². The van der Waals surface area contributed by atoms with Crippen LogP contribution in [0.25, 0.3) is 0 Å². The van der Waals surface area contributed by atoms with Gasteiger partial charge in [0.1, 0.15) is 10.3 Å². The zero-order valence-electron chi connectivity index (χ0n) is 10.1. The smallest absolute Gasteiger partial charge is 0.288 e. The molecule has 106 valence electrons. The fourth-order valence-corrected chi connectivity index (χ4v) is 2.79. The maximum Gasteiger partial charge on any atom is 0.288 e. The van der Waals surface area contributed by atoms with Gasteiger partial charge >= 0.3 is 0 Å². The second kappa shape index (κ2) is 6.43. The molecule has 0 atom stereocenters. The molecule has 1 fully saturated rings. The maximum absolute atomic E-state index is 11.8. The summed E-state index contributed by atoms with van der Waals surface area (Å²) in [5.74, 6) is -0.491. The normalized spacial score (nSPS) is 14.8. The summed E-state index contributed by atoms with van der Waals surface area (Å²) in [5, 5.41) is 2.52. The fourth-order valence-electron chi connectivity index (χ4n) is 1.58. The highest BCUT2D eigenvalue weighted by Gasteiger charge is 2.29. The van der Waals surface area contributed by atoms with E-state index in [1.165, 1.54) is 12.1 Å². The van der Waals surface area contributed by atoms with E-state index in [4.69, 9.17) is 23.2 Å². The van der Waals surface area contributed by atoms with Crippen molar-refractivity contribution in [1.82, 2.24) is 15.2 Å². The number of amides is 3. The van der Waals surface area contributed by atoms with Crippen LogP contribution >= 0.6 is 35.0 Å². The monoisotopic (exact) mass is 333 g/mol. The third-order valence-electron chi connectivity index (χ3n) is 2.49. The van der Waals surface area contributed by atoms with Crippen molar-refractivity contribution in [3.05, 3.63) is 28.0 Å². The SMILES string of the molecule is O=C(NCCN1C(=O)CSC1=O)c1cc(Cl)nc(Cl)c1. The summed E-state index contributed by atoms with van der Waals surface area (Å²) in [5.41, 5.74) is 0.267. The molecule has 1 aliphatic rings. The number of hydrogen-bond donors (Lipinski definition) is 1. The molecule has 0 saturated carbocycles. The molecule has 6 nitrogen and oxygen atoms in total. The van der Waals surface area contributed by atoms with Gasteiger partial charge in [-0.1, -0.05) is 35.0 Å². The molecular formula is C11H9Cl2N3O3S. The van der Waals surface area contributed by atoms with Gasteiger partial charge in [-0.25, -0.2) is 4.98 Å². The van der Waals surface area contributed by atoms with Crippen LogP contribution in [0.5, 0.6) is 0 Å². The van der Waals surface area contributed by atoms with E-state index in [2.05, 4.69) is 10.3 Å². The first-order valence-corrected chi connectivity index (χ1v) is 7.30. The first-order valence-electron chi connectivity index (χ1n) is 5.56. The van der Waals surface area contributed by atoms with Crippen LogP contribution in [0, 0.1) is 0 Å². The van der Waals surface area contributed by atoms with Crippen LogP contribution in [0.2, 0.25) is 10.3 Å². The number of carbonyl (C=O) groups excluding carboxylic acids is 3. The predicted octanol–water partition coefficient (Wildman–Crippen LogP) is 1.81. The summed E-state index contributed by atoms with van der Waals surface area (Å²) in [6.07, 6.45) is 0. The molecule has 1 aromatic rings. The number of imide groups is 1. The van der Waals surface area contributed by atoms with Crippen molar-refractivity contribution in [2.45, 2.75) is 0 Å². The van der Waals surface area contributed by atoms with Crippen LogP contribution < -0.4 is 5.32 Å². The minimum absolute atomic E-state index is 0.115. The molecule has 0 aromatic carbocycles. The highest BCUT2D eigenvalue weighted by molar-refractivity contribution is 8.14. The van der Waals surface area contributed by atoms with Gasteiger partial charge in [-0.15, -0.1) is 0 Å². The third-order valence-corrected chi connectivity index (χ3v) is 3.73. The maximum atomic E-state index is 11.8. The Hall–Kier alpha value is -1.31. The molecule has 0 bridgehead atoms. The van der Waals surface area contributed by atoms with Gasteiger partial charge in [0.2, 0.25) is 5.91 Å². The summed E-state index contributed by atoms with van der Waals surface area (Å²) < 4.78 is 0. The summed E-state index contributed by atoms with van der Waals surface area (Å²) >= 11 is 12.3.